The molecule has 70 valence electrons. The Morgan fingerprint density at radius 2 is 1.92 bits per heavy atom. The van der Waals surface area contributed by atoms with Crippen LogP contribution in [0.25, 0.3) is 0 Å². The summed E-state index contributed by atoms with van der Waals surface area (Å²) in [5.74, 6) is 2.38. The third kappa shape index (κ3) is 1.52. The molecule has 0 heterocycles. The Hall–Kier alpha value is -0.0400. The summed E-state index contributed by atoms with van der Waals surface area (Å²) >= 11 is 0. The van der Waals surface area contributed by atoms with E-state index < -0.39 is 0 Å². The summed E-state index contributed by atoms with van der Waals surface area (Å²) < 4.78 is 0. The molecule has 1 N–H and O–H groups in total. The smallest absolute Gasteiger partial charge is 0.0571 e. The molecule has 4 atom stereocenters. The number of aliphatic hydroxyl groups is 1. The van der Waals surface area contributed by atoms with E-state index in [9.17, 15) is 5.11 Å². The second kappa shape index (κ2) is 3.37. The molecule has 2 saturated carbocycles. The average Bonchev–Trinajstić information content (AvgIpc) is 2.07. The standard InChI is InChI=1S/C11H20O/c1-8-5-6-9-3-2-4-11(12)10(9)7-8/h8-12H,2-7H2,1H3/t8?,9-,10+,11?/m0/s1. The minimum Gasteiger partial charge on any atom is -0.393 e. The maximum absolute atomic E-state index is 9.82. The van der Waals surface area contributed by atoms with Gasteiger partial charge in [-0.15, -0.1) is 0 Å². The van der Waals surface area contributed by atoms with Gasteiger partial charge in [-0.05, 0) is 43.4 Å². The minimum atomic E-state index is 0.0338. The van der Waals surface area contributed by atoms with Crippen LogP contribution in [0, 0.1) is 17.8 Å². The quantitative estimate of drug-likeness (QED) is 0.589. The van der Waals surface area contributed by atoms with Gasteiger partial charge in [0.25, 0.3) is 0 Å². The van der Waals surface area contributed by atoms with Crippen molar-refractivity contribution >= 4 is 0 Å². The van der Waals surface area contributed by atoms with Crippen molar-refractivity contribution in [1.29, 1.82) is 0 Å². The van der Waals surface area contributed by atoms with Gasteiger partial charge in [0.1, 0.15) is 0 Å². The molecule has 2 aliphatic carbocycles. The summed E-state index contributed by atoms with van der Waals surface area (Å²) in [6.45, 7) is 2.33. The Kier molecular flexibility index (Phi) is 2.40. The number of rotatable bonds is 0. The van der Waals surface area contributed by atoms with Crippen LogP contribution in [0.2, 0.25) is 0 Å². The van der Waals surface area contributed by atoms with Gasteiger partial charge >= 0.3 is 0 Å². The molecule has 2 unspecified atom stereocenters. The van der Waals surface area contributed by atoms with Crippen LogP contribution in [0.15, 0.2) is 0 Å². The van der Waals surface area contributed by atoms with Gasteiger partial charge in [0.15, 0.2) is 0 Å². The summed E-state index contributed by atoms with van der Waals surface area (Å²) in [4.78, 5) is 0. The van der Waals surface area contributed by atoms with Crippen LogP contribution in [0.3, 0.4) is 0 Å². The van der Waals surface area contributed by atoms with Crippen LogP contribution in [-0.2, 0) is 0 Å². The molecule has 0 aliphatic heterocycles. The van der Waals surface area contributed by atoms with E-state index in [1.54, 1.807) is 0 Å². The van der Waals surface area contributed by atoms with Crippen molar-refractivity contribution in [2.24, 2.45) is 17.8 Å². The molecule has 1 nitrogen and oxygen atoms in total. The molecule has 2 aliphatic rings. The van der Waals surface area contributed by atoms with Crippen LogP contribution in [0.5, 0.6) is 0 Å². The van der Waals surface area contributed by atoms with E-state index in [2.05, 4.69) is 6.92 Å². The Bertz CT molecular complexity index is 155. The monoisotopic (exact) mass is 168 g/mol. The first-order chi connectivity index (χ1) is 5.77. The molecule has 12 heavy (non-hydrogen) atoms. The second-order valence-electron chi connectivity index (χ2n) is 4.84. The molecule has 0 amide bonds. The van der Waals surface area contributed by atoms with E-state index >= 15 is 0 Å². The Morgan fingerprint density at radius 1 is 1.08 bits per heavy atom. The summed E-state index contributed by atoms with van der Waals surface area (Å²) in [5.41, 5.74) is 0. The normalized spacial score (nSPS) is 48.5. The van der Waals surface area contributed by atoms with Crippen molar-refractivity contribution in [3.05, 3.63) is 0 Å². The largest absolute Gasteiger partial charge is 0.393 e. The van der Waals surface area contributed by atoms with E-state index in [0.717, 1.165) is 18.3 Å². The molecule has 0 saturated heterocycles. The zero-order valence-corrected chi connectivity index (χ0v) is 8.00. The Labute approximate surface area is 75.2 Å². The highest BCUT2D eigenvalue weighted by Gasteiger charge is 2.35. The Morgan fingerprint density at radius 3 is 2.75 bits per heavy atom. The summed E-state index contributed by atoms with van der Waals surface area (Å²) in [7, 11) is 0. The van der Waals surface area contributed by atoms with Crippen LogP contribution < -0.4 is 0 Å². The lowest BCUT2D eigenvalue weighted by Crippen LogP contribution is -2.36. The van der Waals surface area contributed by atoms with E-state index in [1.807, 2.05) is 0 Å². The molecule has 2 fully saturated rings. The molecule has 1 heteroatoms. The van der Waals surface area contributed by atoms with Crippen molar-refractivity contribution in [2.45, 2.75) is 51.6 Å². The van der Waals surface area contributed by atoms with Gasteiger partial charge in [-0.3, -0.25) is 0 Å². The maximum Gasteiger partial charge on any atom is 0.0571 e. The molecule has 0 aromatic heterocycles. The van der Waals surface area contributed by atoms with E-state index in [0.29, 0.717) is 5.92 Å². The minimum absolute atomic E-state index is 0.0338. The lowest BCUT2D eigenvalue weighted by atomic mass is 9.67. The molecule has 0 aromatic rings. The predicted octanol–water partition coefficient (Wildman–Crippen LogP) is 2.58. The van der Waals surface area contributed by atoms with Crippen molar-refractivity contribution in [2.75, 3.05) is 0 Å². The lowest BCUT2D eigenvalue weighted by Gasteiger charge is -2.41. The number of aliphatic hydroxyl groups excluding tert-OH is 1. The highest BCUT2D eigenvalue weighted by atomic mass is 16.3. The fraction of sp³-hybridized carbons (Fsp3) is 1.00. The van der Waals surface area contributed by atoms with Gasteiger partial charge in [0.2, 0.25) is 0 Å². The molecule has 0 spiro atoms. The summed E-state index contributed by atoms with van der Waals surface area (Å²) in [5, 5.41) is 9.82. The van der Waals surface area contributed by atoms with Gasteiger partial charge < -0.3 is 5.11 Å². The number of hydrogen-bond acceptors (Lipinski definition) is 1. The van der Waals surface area contributed by atoms with Crippen molar-refractivity contribution in [1.82, 2.24) is 0 Å². The molecule has 0 bridgehead atoms. The third-order valence-corrected chi connectivity index (χ3v) is 3.88. The molecular weight excluding hydrogens is 148 g/mol. The maximum atomic E-state index is 9.82. The van der Waals surface area contributed by atoms with Crippen LogP contribution >= 0.6 is 0 Å². The van der Waals surface area contributed by atoms with Gasteiger partial charge in [-0.2, -0.15) is 0 Å². The second-order valence-corrected chi connectivity index (χ2v) is 4.84. The number of fused-ring (bicyclic) bond motifs is 1. The van der Waals surface area contributed by atoms with Gasteiger partial charge in [-0.25, -0.2) is 0 Å². The third-order valence-electron chi connectivity index (χ3n) is 3.88. The molecular formula is C11H20O. The lowest BCUT2D eigenvalue weighted by molar-refractivity contribution is -0.00215. The van der Waals surface area contributed by atoms with Gasteiger partial charge in [0, 0.05) is 0 Å². The highest BCUT2D eigenvalue weighted by Crippen LogP contribution is 2.42. The van der Waals surface area contributed by atoms with E-state index in [4.69, 9.17) is 0 Å². The van der Waals surface area contributed by atoms with Crippen LogP contribution in [-0.4, -0.2) is 11.2 Å². The first kappa shape index (κ1) is 8.55. The SMILES string of the molecule is CC1CC[C@@H]2CCCC(O)[C@@H]2C1. The first-order valence-corrected chi connectivity index (χ1v) is 5.45. The van der Waals surface area contributed by atoms with Gasteiger partial charge in [-0.1, -0.05) is 19.8 Å². The van der Waals surface area contributed by atoms with E-state index in [1.165, 1.54) is 32.1 Å². The molecule has 0 radical (unpaired) electrons. The first-order valence-electron chi connectivity index (χ1n) is 5.45. The summed E-state index contributed by atoms with van der Waals surface area (Å²) in [6, 6.07) is 0. The van der Waals surface area contributed by atoms with Crippen molar-refractivity contribution in [3.8, 4) is 0 Å². The molecule has 0 aromatic carbocycles. The zero-order valence-electron chi connectivity index (χ0n) is 8.00. The highest BCUT2D eigenvalue weighted by molar-refractivity contribution is 4.86. The average molecular weight is 168 g/mol. The van der Waals surface area contributed by atoms with Gasteiger partial charge in [0.05, 0.1) is 6.10 Å². The Balaban J connectivity index is 2.00. The zero-order chi connectivity index (χ0) is 8.55. The topological polar surface area (TPSA) is 20.2 Å². The van der Waals surface area contributed by atoms with Crippen LogP contribution in [0.4, 0.5) is 0 Å². The predicted molar refractivity (Wildman–Crippen MR) is 49.9 cm³/mol. The molecule has 2 rings (SSSR count). The summed E-state index contributed by atoms with van der Waals surface area (Å²) in [6.07, 6.45) is 7.80. The van der Waals surface area contributed by atoms with Crippen molar-refractivity contribution < 1.29 is 5.11 Å². The van der Waals surface area contributed by atoms with E-state index in [-0.39, 0.29) is 6.10 Å². The number of hydrogen-bond donors (Lipinski definition) is 1. The fourth-order valence-electron chi connectivity index (χ4n) is 3.12. The van der Waals surface area contributed by atoms with Crippen molar-refractivity contribution in [3.63, 3.8) is 0 Å². The van der Waals surface area contributed by atoms with Crippen LogP contribution in [0.1, 0.15) is 45.4 Å². The fourth-order valence-corrected chi connectivity index (χ4v) is 3.12.